The zero-order valence-corrected chi connectivity index (χ0v) is 11.4. The molecular weight excluding hydrogens is 258 g/mol. The van der Waals surface area contributed by atoms with E-state index in [-0.39, 0.29) is 11.9 Å². The monoisotopic (exact) mass is 277 g/mol. The smallest absolute Gasteiger partial charge is 0.253 e. The maximum Gasteiger partial charge on any atom is 0.253 e. The van der Waals surface area contributed by atoms with Gasteiger partial charge in [-0.15, -0.1) is 0 Å². The van der Waals surface area contributed by atoms with Gasteiger partial charge in [-0.25, -0.2) is 0 Å². The van der Waals surface area contributed by atoms with Crippen LogP contribution in [0.1, 0.15) is 33.6 Å². The highest BCUT2D eigenvalue weighted by Gasteiger charge is 2.18. The van der Waals surface area contributed by atoms with Crippen LogP contribution in [0, 0.1) is 0 Å². The average Bonchev–Trinajstić information content (AvgIpc) is 2.47. The number of hydrogen-bond acceptors (Lipinski definition) is 4. The summed E-state index contributed by atoms with van der Waals surface area (Å²) in [5.74, 6) is -0.709. The van der Waals surface area contributed by atoms with Crippen molar-refractivity contribution in [1.82, 2.24) is 5.32 Å². The van der Waals surface area contributed by atoms with Crippen LogP contribution in [0.5, 0.6) is 0 Å². The largest absolute Gasteiger partial charge is 0.381 e. The Labute approximate surface area is 117 Å². The molecule has 0 aliphatic carbocycles. The predicted octanol–water partition coefficient (Wildman–Crippen LogP) is 0.736. The fourth-order valence-electron chi connectivity index (χ4n) is 2.21. The molecule has 0 aromatic heterocycles. The minimum atomic E-state index is -0.511. The topological polar surface area (TPSA) is 93.5 Å². The van der Waals surface area contributed by atoms with Crippen LogP contribution < -0.4 is 16.4 Å². The second-order valence-corrected chi connectivity index (χ2v) is 4.73. The van der Waals surface area contributed by atoms with Crippen LogP contribution in [-0.2, 0) is 4.74 Å². The van der Waals surface area contributed by atoms with Gasteiger partial charge in [0.2, 0.25) is 5.91 Å². The summed E-state index contributed by atoms with van der Waals surface area (Å²) in [5.41, 5.74) is 6.80. The highest BCUT2D eigenvalue weighted by molar-refractivity contribution is 6.02. The summed E-state index contributed by atoms with van der Waals surface area (Å²) in [6, 6.07) is 5.03. The highest BCUT2D eigenvalue weighted by atomic mass is 16.5. The first-order chi connectivity index (χ1) is 9.61. The lowest BCUT2D eigenvalue weighted by atomic mass is 10.0. The van der Waals surface area contributed by atoms with E-state index in [4.69, 9.17) is 10.5 Å². The average molecular weight is 277 g/mol. The lowest BCUT2D eigenvalue weighted by Crippen LogP contribution is -2.29. The molecule has 1 saturated heterocycles. The van der Waals surface area contributed by atoms with Crippen molar-refractivity contribution in [3.05, 3.63) is 29.3 Å². The minimum absolute atomic E-state index is 0.199. The van der Waals surface area contributed by atoms with Gasteiger partial charge in [0.05, 0.1) is 5.56 Å². The second kappa shape index (κ2) is 6.38. The summed E-state index contributed by atoms with van der Waals surface area (Å²) >= 11 is 0. The molecule has 0 unspecified atom stereocenters. The van der Waals surface area contributed by atoms with Gasteiger partial charge < -0.3 is 21.1 Å². The number of amides is 2. The zero-order valence-electron chi connectivity index (χ0n) is 11.4. The fourth-order valence-corrected chi connectivity index (χ4v) is 2.21. The third-order valence-corrected chi connectivity index (χ3v) is 3.36. The van der Waals surface area contributed by atoms with Gasteiger partial charge in [0.15, 0.2) is 0 Å². The molecule has 1 fully saturated rings. The number of ether oxygens (including phenoxy) is 1. The predicted molar refractivity (Wildman–Crippen MR) is 75.8 cm³/mol. The quantitative estimate of drug-likeness (QED) is 0.756. The molecule has 1 aliphatic heterocycles. The molecule has 0 spiro atoms. The van der Waals surface area contributed by atoms with E-state index < -0.39 is 5.91 Å². The number of carbonyl (C=O) groups is 2. The molecule has 0 saturated carbocycles. The van der Waals surface area contributed by atoms with Gasteiger partial charge in [-0.2, -0.15) is 0 Å². The van der Waals surface area contributed by atoms with Gasteiger partial charge in [0.1, 0.15) is 0 Å². The molecular formula is C14H19N3O3. The molecule has 1 heterocycles. The van der Waals surface area contributed by atoms with Crippen LogP contribution in [0.2, 0.25) is 0 Å². The van der Waals surface area contributed by atoms with Crippen LogP contribution in [0.3, 0.4) is 0 Å². The van der Waals surface area contributed by atoms with Crippen molar-refractivity contribution in [3.63, 3.8) is 0 Å². The van der Waals surface area contributed by atoms with Crippen LogP contribution in [0.15, 0.2) is 18.2 Å². The third kappa shape index (κ3) is 3.27. The summed E-state index contributed by atoms with van der Waals surface area (Å²) in [6.45, 7) is 1.39. The molecule has 2 amide bonds. The van der Waals surface area contributed by atoms with E-state index in [0.29, 0.717) is 30.0 Å². The molecule has 6 heteroatoms. The standard InChI is InChI=1S/C14H19N3O3/c1-16-14(19)11-3-2-9(13(15)18)8-12(11)17-10-4-6-20-7-5-10/h2-3,8,10,17H,4-7H2,1H3,(H2,15,18)(H,16,19). The van der Waals surface area contributed by atoms with Crippen molar-refractivity contribution in [2.75, 3.05) is 25.6 Å². The molecule has 1 aliphatic rings. The summed E-state index contributed by atoms with van der Waals surface area (Å²) in [4.78, 5) is 23.1. The number of anilines is 1. The number of primary amides is 1. The lowest BCUT2D eigenvalue weighted by molar-refractivity contribution is 0.0903. The first-order valence-corrected chi connectivity index (χ1v) is 6.62. The van der Waals surface area contributed by atoms with Gasteiger partial charge in [0, 0.05) is 37.6 Å². The van der Waals surface area contributed by atoms with Gasteiger partial charge in [0.25, 0.3) is 5.91 Å². The van der Waals surface area contributed by atoms with Gasteiger partial charge in [-0.1, -0.05) is 0 Å². The van der Waals surface area contributed by atoms with Crippen LogP contribution in [0.25, 0.3) is 0 Å². The van der Waals surface area contributed by atoms with E-state index in [2.05, 4.69) is 10.6 Å². The SMILES string of the molecule is CNC(=O)c1ccc(C(N)=O)cc1NC1CCOCC1. The Morgan fingerprint density at radius 3 is 2.60 bits per heavy atom. The van der Waals surface area contributed by atoms with Gasteiger partial charge >= 0.3 is 0 Å². The number of nitrogens with one attached hydrogen (secondary N) is 2. The Bertz CT molecular complexity index is 510. The second-order valence-electron chi connectivity index (χ2n) is 4.73. The first kappa shape index (κ1) is 14.3. The molecule has 1 aromatic rings. The Morgan fingerprint density at radius 2 is 2.00 bits per heavy atom. The highest BCUT2D eigenvalue weighted by Crippen LogP contribution is 2.21. The van der Waals surface area contributed by atoms with Crippen molar-refractivity contribution in [2.24, 2.45) is 5.73 Å². The zero-order chi connectivity index (χ0) is 14.5. The molecule has 0 radical (unpaired) electrons. The Morgan fingerprint density at radius 1 is 1.30 bits per heavy atom. The lowest BCUT2D eigenvalue weighted by Gasteiger charge is -2.25. The summed E-state index contributed by atoms with van der Waals surface area (Å²) in [7, 11) is 1.57. The first-order valence-electron chi connectivity index (χ1n) is 6.62. The van der Waals surface area contributed by atoms with E-state index in [9.17, 15) is 9.59 Å². The molecule has 4 N–H and O–H groups in total. The Balaban J connectivity index is 2.27. The van der Waals surface area contributed by atoms with Gasteiger partial charge in [-0.3, -0.25) is 9.59 Å². The third-order valence-electron chi connectivity index (χ3n) is 3.36. The number of benzene rings is 1. The number of rotatable bonds is 4. The molecule has 0 bridgehead atoms. The van der Waals surface area contributed by atoms with Crippen molar-refractivity contribution < 1.29 is 14.3 Å². The summed E-state index contributed by atoms with van der Waals surface area (Å²) < 4.78 is 5.30. The summed E-state index contributed by atoms with van der Waals surface area (Å²) in [6.07, 6.45) is 1.74. The summed E-state index contributed by atoms with van der Waals surface area (Å²) in [5, 5.41) is 5.90. The molecule has 0 atom stereocenters. The van der Waals surface area contributed by atoms with Crippen LogP contribution >= 0.6 is 0 Å². The Hall–Kier alpha value is -2.08. The van der Waals surface area contributed by atoms with Crippen molar-refractivity contribution in [1.29, 1.82) is 0 Å². The molecule has 2 rings (SSSR count). The normalized spacial score (nSPS) is 15.7. The van der Waals surface area contributed by atoms with E-state index in [0.717, 1.165) is 12.8 Å². The van der Waals surface area contributed by atoms with Crippen molar-refractivity contribution in [2.45, 2.75) is 18.9 Å². The molecule has 108 valence electrons. The minimum Gasteiger partial charge on any atom is -0.381 e. The van der Waals surface area contributed by atoms with E-state index >= 15 is 0 Å². The fraction of sp³-hybridized carbons (Fsp3) is 0.429. The van der Waals surface area contributed by atoms with Crippen molar-refractivity contribution >= 4 is 17.5 Å². The van der Waals surface area contributed by atoms with Crippen LogP contribution in [0.4, 0.5) is 5.69 Å². The van der Waals surface area contributed by atoms with E-state index in [1.165, 1.54) is 0 Å². The number of hydrogen-bond donors (Lipinski definition) is 3. The van der Waals surface area contributed by atoms with E-state index in [1.54, 1.807) is 25.2 Å². The number of nitrogens with two attached hydrogens (primary N) is 1. The van der Waals surface area contributed by atoms with E-state index in [1.807, 2.05) is 0 Å². The number of carbonyl (C=O) groups excluding carboxylic acids is 2. The van der Waals surface area contributed by atoms with Crippen molar-refractivity contribution in [3.8, 4) is 0 Å². The maximum absolute atomic E-state index is 11.9. The molecule has 1 aromatic carbocycles. The Kier molecular flexibility index (Phi) is 4.57. The molecule has 20 heavy (non-hydrogen) atoms. The maximum atomic E-state index is 11.9. The van der Waals surface area contributed by atoms with Gasteiger partial charge in [-0.05, 0) is 31.0 Å². The molecule has 6 nitrogen and oxygen atoms in total. The van der Waals surface area contributed by atoms with Crippen LogP contribution in [-0.4, -0.2) is 38.1 Å².